The average Bonchev–Trinajstić information content (AvgIpc) is 2.35. The number of aryl methyl sites for hydroxylation is 1. The van der Waals surface area contributed by atoms with E-state index in [9.17, 15) is 14.3 Å². The molecule has 1 fully saturated rings. The summed E-state index contributed by atoms with van der Waals surface area (Å²) in [5.74, 6) is -0.607. The van der Waals surface area contributed by atoms with E-state index in [4.69, 9.17) is 0 Å². The van der Waals surface area contributed by atoms with Crippen LogP contribution in [0.25, 0.3) is 0 Å². The highest BCUT2D eigenvalue weighted by molar-refractivity contribution is 5.73. The molecule has 0 saturated carbocycles. The fraction of sp³-hybridized carbons (Fsp3) is 0.533. The quantitative estimate of drug-likeness (QED) is 0.913. The maximum atomic E-state index is 13.3. The first-order valence-corrected chi connectivity index (χ1v) is 6.69. The third kappa shape index (κ3) is 3.32. The number of halogens is 1. The lowest BCUT2D eigenvalue weighted by Gasteiger charge is -2.36. The molecule has 2 rings (SSSR count). The molecular formula is C15H20FNO2. The SMILES string of the molecule is Cc1ccc(F)cc1CN1CCC(C)CC1C(=O)O. The van der Waals surface area contributed by atoms with Crippen molar-refractivity contribution in [2.24, 2.45) is 5.92 Å². The van der Waals surface area contributed by atoms with Crippen LogP contribution in [-0.4, -0.2) is 28.6 Å². The van der Waals surface area contributed by atoms with E-state index in [1.807, 2.05) is 11.8 Å². The van der Waals surface area contributed by atoms with Crippen LogP contribution in [0.2, 0.25) is 0 Å². The normalized spacial score (nSPS) is 24.4. The van der Waals surface area contributed by atoms with Crippen LogP contribution >= 0.6 is 0 Å². The molecule has 0 amide bonds. The highest BCUT2D eigenvalue weighted by Crippen LogP contribution is 2.25. The second-order valence-electron chi connectivity index (χ2n) is 5.52. The first-order chi connectivity index (χ1) is 8.97. The zero-order valence-electron chi connectivity index (χ0n) is 11.4. The van der Waals surface area contributed by atoms with Crippen LogP contribution in [0, 0.1) is 18.7 Å². The number of benzene rings is 1. The molecule has 4 heteroatoms. The second kappa shape index (κ2) is 5.70. The number of carbonyl (C=O) groups is 1. The standard InChI is InChI=1S/C15H20FNO2/c1-10-5-6-17(14(7-10)15(18)19)9-12-8-13(16)4-3-11(12)2/h3-4,8,10,14H,5-7,9H2,1-2H3,(H,18,19). The van der Waals surface area contributed by atoms with Crippen molar-refractivity contribution in [3.05, 3.63) is 35.1 Å². The molecule has 1 aromatic carbocycles. The summed E-state index contributed by atoms with van der Waals surface area (Å²) in [4.78, 5) is 13.3. The molecular weight excluding hydrogens is 245 g/mol. The summed E-state index contributed by atoms with van der Waals surface area (Å²) in [7, 11) is 0. The van der Waals surface area contributed by atoms with Crippen LogP contribution in [0.4, 0.5) is 4.39 Å². The molecule has 2 unspecified atom stereocenters. The third-order valence-corrected chi connectivity index (χ3v) is 3.95. The van der Waals surface area contributed by atoms with Gasteiger partial charge in [0.05, 0.1) is 0 Å². The number of nitrogens with zero attached hydrogens (tertiary/aromatic N) is 1. The minimum absolute atomic E-state index is 0.266. The largest absolute Gasteiger partial charge is 0.480 e. The van der Waals surface area contributed by atoms with Crippen LogP contribution in [0.1, 0.15) is 30.9 Å². The molecule has 1 aromatic rings. The lowest BCUT2D eigenvalue weighted by molar-refractivity contribution is -0.145. The number of rotatable bonds is 3. The van der Waals surface area contributed by atoms with Crippen molar-refractivity contribution in [1.82, 2.24) is 4.90 Å². The maximum Gasteiger partial charge on any atom is 0.320 e. The monoisotopic (exact) mass is 265 g/mol. The van der Waals surface area contributed by atoms with E-state index < -0.39 is 12.0 Å². The summed E-state index contributed by atoms with van der Waals surface area (Å²) in [6.45, 7) is 5.28. The van der Waals surface area contributed by atoms with Gasteiger partial charge < -0.3 is 5.11 Å². The molecule has 1 heterocycles. The Hall–Kier alpha value is -1.42. The van der Waals surface area contributed by atoms with Gasteiger partial charge in [-0.2, -0.15) is 0 Å². The average molecular weight is 265 g/mol. The molecule has 1 saturated heterocycles. The van der Waals surface area contributed by atoms with Gasteiger partial charge in [0.15, 0.2) is 0 Å². The first-order valence-electron chi connectivity index (χ1n) is 6.69. The number of likely N-dealkylation sites (tertiary alicyclic amines) is 1. The highest BCUT2D eigenvalue weighted by Gasteiger charge is 2.31. The number of carboxylic acid groups (broad SMARTS) is 1. The van der Waals surface area contributed by atoms with Gasteiger partial charge in [-0.1, -0.05) is 13.0 Å². The van der Waals surface area contributed by atoms with Crippen molar-refractivity contribution in [2.45, 2.75) is 39.3 Å². The van der Waals surface area contributed by atoms with Crippen LogP contribution in [0.15, 0.2) is 18.2 Å². The Morgan fingerprint density at radius 2 is 2.26 bits per heavy atom. The Balaban J connectivity index is 2.16. The van der Waals surface area contributed by atoms with E-state index >= 15 is 0 Å². The van der Waals surface area contributed by atoms with E-state index in [1.165, 1.54) is 12.1 Å². The predicted molar refractivity (Wildman–Crippen MR) is 71.4 cm³/mol. The zero-order valence-corrected chi connectivity index (χ0v) is 11.4. The van der Waals surface area contributed by atoms with Crippen LogP contribution in [0.3, 0.4) is 0 Å². The summed E-state index contributed by atoms with van der Waals surface area (Å²) in [5.41, 5.74) is 1.88. The molecule has 19 heavy (non-hydrogen) atoms. The number of hydrogen-bond donors (Lipinski definition) is 1. The number of aliphatic carboxylic acids is 1. The summed E-state index contributed by atoms with van der Waals surface area (Å²) in [6, 6.07) is 4.23. The van der Waals surface area contributed by atoms with Crippen molar-refractivity contribution in [3.63, 3.8) is 0 Å². The first kappa shape index (κ1) is 14.0. The minimum atomic E-state index is -0.777. The number of hydrogen-bond acceptors (Lipinski definition) is 2. The molecule has 1 aliphatic rings. The topological polar surface area (TPSA) is 40.5 Å². The fourth-order valence-corrected chi connectivity index (χ4v) is 2.67. The second-order valence-corrected chi connectivity index (χ2v) is 5.52. The zero-order chi connectivity index (χ0) is 14.0. The van der Waals surface area contributed by atoms with Crippen molar-refractivity contribution in [3.8, 4) is 0 Å². The lowest BCUT2D eigenvalue weighted by Crippen LogP contribution is -2.46. The lowest BCUT2D eigenvalue weighted by atomic mass is 9.92. The van der Waals surface area contributed by atoms with Gasteiger partial charge in [0.25, 0.3) is 0 Å². The number of carboxylic acids is 1. The Bertz CT molecular complexity index is 475. The van der Waals surface area contributed by atoms with E-state index in [0.717, 1.165) is 24.1 Å². The van der Waals surface area contributed by atoms with Crippen LogP contribution < -0.4 is 0 Å². The molecule has 0 aromatic heterocycles. The third-order valence-electron chi connectivity index (χ3n) is 3.95. The molecule has 0 radical (unpaired) electrons. The molecule has 0 spiro atoms. The van der Waals surface area contributed by atoms with Gasteiger partial charge >= 0.3 is 5.97 Å². The van der Waals surface area contributed by atoms with Gasteiger partial charge in [-0.15, -0.1) is 0 Å². The Kier molecular flexibility index (Phi) is 4.20. The van der Waals surface area contributed by atoms with Gasteiger partial charge in [0.1, 0.15) is 11.9 Å². The summed E-state index contributed by atoms with van der Waals surface area (Å²) >= 11 is 0. The van der Waals surface area contributed by atoms with Crippen molar-refractivity contribution >= 4 is 5.97 Å². The molecule has 3 nitrogen and oxygen atoms in total. The summed E-state index contributed by atoms with van der Waals surface area (Å²) in [6.07, 6.45) is 1.67. The molecule has 0 aliphatic carbocycles. The van der Waals surface area contributed by atoms with E-state index in [0.29, 0.717) is 18.9 Å². The highest BCUT2D eigenvalue weighted by atomic mass is 19.1. The fourth-order valence-electron chi connectivity index (χ4n) is 2.67. The molecule has 1 aliphatic heterocycles. The van der Waals surface area contributed by atoms with Crippen molar-refractivity contribution in [2.75, 3.05) is 6.54 Å². The smallest absolute Gasteiger partial charge is 0.320 e. The van der Waals surface area contributed by atoms with E-state index in [1.54, 1.807) is 6.07 Å². The van der Waals surface area contributed by atoms with Crippen molar-refractivity contribution < 1.29 is 14.3 Å². The molecule has 0 bridgehead atoms. The van der Waals surface area contributed by atoms with Crippen LogP contribution in [-0.2, 0) is 11.3 Å². The Morgan fingerprint density at radius 3 is 2.95 bits per heavy atom. The summed E-state index contributed by atoms with van der Waals surface area (Å²) in [5, 5.41) is 9.31. The molecule has 1 N–H and O–H groups in total. The molecule has 104 valence electrons. The summed E-state index contributed by atoms with van der Waals surface area (Å²) < 4.78 is 13.3. The van der Waals surface area contributed by atoms with Crippen LogP contribution in [0.5, 0.6) is 0 Å². The predicted octanol–water partition coefficient (Wildman–Crippen LogP) is 2.82. The van der Waals surface area contributed by atoms with Gasteiger partial charge in [-0.3, -0.25) is 9.69 Å². The van der Waals surface area contributed by atoms with Gasteiger partial charge in [0, 0.05) is 6.54 Å². The minimum Gasteiger partial charge on any atom is -0.480 e. The van der Waals surface area contributed by atoms with Gasteiger partial charge in [-0.05, 0) is 55.5 Å². The Morgan fingerprint density at radius 1 is 1.53 bits per heavy atom. The van der Waals surface area contributed by atoms with Gasteiger partial charge in [-0.25, -0.2) is 4.39 Å². The van der Waals surface area contributed by atoms with E-state index in [-0.39, 0.29) is 5.82 Å². The van der Waals surface area contributed by atoms with Crippen molar-refractivity contribution in [1.29, 1.82) is 0 Å². The number of piperidine rings is 1. The van der Waals surface area contributed by atoms with Gasteiger partial charge in [0.2, 0.25) is 0 Å². The maximum absolute atomic E-state index is 13.3. The molecule has 2 atom stereocenters. The Labute approximate surface area is 113 Å². The van der Waals surface area contributed by atoms with E-state index in [2.05, 4.69) is 6.92 Å².